The molecule has 0 saturated carbocycles. The summed E-state index contributed by atoms with van der Waals surface area (Å²) in [6.45, 7) is 1.85. The van der Waals surface area contributed by atoms with Gasteiger partial charge in [-0.1, -0.05) is 42.5 Å². The van der Waals surface area contributed by atoms with Crippen LogP contribution in [0.4, 0.5) is 5.69 Å². The first-order valence-electron chi connectivity index (χ1n) is 8.25. The number of anilines is 1. The number of hydroxylamine groups is 1. The second-order valence-electron chi connectivity index (χ2n) is 6.01. The zero-order chi connectivity index (χ0) is 19.4. The molecule has 27 heavy (non-hydrogen) atoms. The molecule has 0 radical (unpaired) electrons. The van der Waals surface area contributed by atoms with E-state index in [0.29, 0.717) is 22.4 Å². The van der Waals surface area contributed by atoms with Gasteiger partial charge < -0.3 is 10.4 Å². The van der Waals surface area contributed by atoms with Crippen LogP contribution in [0.3, 0.4) is 0 Å². The Labute approximate surface area is 156 Å². The number of aryl methyl sites for hydroxylation is 1. The van der Waals surface area contributed by atoms with Crippen LogP contribution in [0.5, 0.6) is 5.75 Å². The fraction of sp³-hybridized carbons (Fsp3) is 0.0476. The van der Waals surface area contributed by atoms with Crippen LogP contribution in [-0.4, -0.2) is 22.1 Å². The molecular formula is C21H18N2O4. The standard InChI is InChI=1S/C21H18N2O4/c1-13-10-11-19(24)18(12-13)22-20(25)16-8-4-2-6-14(16)15-7-3-5-9-17(15)21(26)23-27/h2-12,24,27H,1H3,(H,22,25)(H,23,26). The Morgan fingerprint density at radius 2 is 1.37 bits per heavy atom. The Morgan fingerprint density at radius 3 is 1.96 bits per heavy atom. The van der Waals surface area contributed by atoms with Crippen molar-refractivity contribution in [2.24, 2.45) is 0 Å². The Kier molecular flexibility index (Phi) is 5.19. The highest BCUT2D eigenvalue weighted by molar-refractivity contribution is 6.11. The van der Waals surface area contributed by atoms with Crippen LogP contribution in [0.25, 0.3) is 11.1 Å². The molecule has 0 spiro atoms. The van der Waals surface area contributed by atoms with E-state index >= 15 is 0 Å². The van der Waals surface area contributed by atoms with E-state index in [1.54, 1.807) is 66.1 Å². The van der Waals surface area contributed by atoms with Crippen LogP contribution in [0.1, 0.15) is 26.3 Å². The number of amides is 2. The molecule has 3 aromatic carbocycles. The van der Waals surface area contributed by atoms with Crippen LogP contribution in [0.2, 0.25) is 0 Å². The van der Waals surface area contributed by atoms with Gasteiger partial charge in [0.1, 0.15) is 5.75 Å². The molecule has 0 heterocycles. The molecule has 0 bridgehead atoms. The Hall–Kier alpha value is -3.64. The molecule has 6 heteroatoms. The van der Waals surface area contributed by atoms with Crippen molar-refractivity contribution in [2.45, 2.75) is 6.92 Å². The molecule has 0 unspecified atom stereocenters. The number of benzene rings is 3. The fourth-order valence-electron chi connectivity index (χ4n) is 2.83. The summed E-state index contributed by atoms with van der Waals surface area (Å²) in [5.74, 6) is -1.13. The molecule has 136 valence electrons. The molecule has 0 aromatic heterocycles. The molecular weight excluding hydrogens is 344 g/mol. The summed E-state index contributed by atoms with van der Waals surface area (Å²) in [6, 6.07) is 18.4. The van der Waals surface area contributed by atoms with Gasteiger partial charge in [-0.15, -0.1) is 0 Å². The lowest BCUT2D eigenvalue weighted by molar-refractivity contribution is 0.0707. The molecule has 3 aromatic rings. The van der Waals surface area contributed by atoms with Crippen molar-refractivity contribution in [1.29, 1.82) is 0 Å². The third-order valence-corrected chi connectivity index (χ3v) is 4.14. The molecule has 4 N–H and O–H groups in total. The van der Waals surface area contributed by atoms with Gasteiger partial charge in [0.25, 0.3) is 11.8 Å². The molecule has 0 fully saturated rings. The van der Waals surface area contributed by atoms with Crippen molar-refractivity contribution in [2.75, 3.05) is 5.32 Å². The maximum absolute atomic E-state index is 12.9. The second kappa shape index (κ2) is 7.72. The van der Waals surface area contributed by atoms with Gasteiger partial charge in [0, 0.05) is 11.1 Å². The molecule has 6 nitrogen and oxygen atoms in total. The average molecular weight is 362 g/mol. The Balaban J connectivity index is 2.04. The molecule has 0 aliphatic carbocycles. The van der Waals surface area contributed by atoms with Crippen molar-refractivity contribution in [3.63, 3.8) is 0 Å². The largest absolute Gasteiger partial charge is 0.506 e. The lowest BCUT2D eigenvalue weighted by atomic mass is 9.94. The van der Waals surface area contributed by atoms with E-state index in [9.17, 15) is 14.7 Å². The summed E-state index contributed by atoms with van der Waals surface area (Å²) >= 11 is 0. The van der Waals surface area contributed by atoms with E-state index in [-0.39, 0.29) is 11.3 Å². The van der Waals surface area contributed by atoms with Crippen molar-refractivity contribution >= 4 is 17.5 Å². The van der Waals surface area contributed by atoms with Crippen molar-refractivity contribution in [3.8, 4) is 16.9 Å². The number of aromatic hydroxyl groups is 1. The summed E-state index contributed by atoms with van der Waals surface area (Å²) in [5.41, 5.74) is 4.41. The quantitative estimate of drug-likeness (QED) is 0.323. The first-order chi connectivity index (χ1) is 13.0. The van der Waals surface area contributed by atoms with Gasteiger partial charge in [0.15, 0.2) is 0 Å². The Morgan fingerprint density at radius 1 is 0.815 bits per heavy atom. The van der Waals surface area contributed by atoms with Crippen LogP contribution < -0.4 is 10.8 Å². The summed E-state index contributed by atoms with van der Waals surface area (Å²) in [4.78, 5) is 24.8. The predicted octanol–water partition coefficient (Wildman–Crippen LogP) is 3.74. The van der Waals surface area contributed by atoms with Crippen LogP contribution in [0.15, 0.2) is 66.7 Å². The van der Waals surface area contributed by atoms with E-state index in [0.717, 1.165) is 5.56 Å². The lowest BCUT2D eigenvalue weighted by Gasteiger charge is -2.14. The molecule has 0 aliphatic heterocycles. The van der Waals surface area contributed by atoms with Crippen molar-refractivity contribution in [1.82, 2.24) is 5.48 Å². The summed E-state index contributed by atoms with van der Waals surface area (Å²) in [6.07, 6.45) is 0. The highest BCUT2D eigenvalue weighted by Gasteiger charge is 2.18. The zero-order valence-electron chi connectivity index (χ0n) is 14.6. The zero-order valence-corrected chi connectivity index (χ0v) is 14.6. The highest BCUT2D eigenvalue weighted by Crippen LogP contribution is 2.29. The maximum atomic E-state index is 12.9. The van der Waals surface area contributed by atoms with Crippen molar-refractivity contribution < 1.29 is 19.9 Å². The van der Waals surface area contributed by atoms with Crippen LogP contribution in [-0.2, 0) is 0 Å². The predicted molar refractivity (Wildman–Crippen MR) is 102 cm³/mol. The Bertz CT molecular complexity index is 1010. The van der Waals surface area contributed by atoms with Gasteiger partial charge in [0.2, 0.25) is 0 Å². The molecule has 3 rings (SSSR count). The molecule has 0 atom stereocenters. The first kappa shape index (κ1) is 18.2. The minimum atomic E-state index is -0.669. The number of hydrogen-bond donors (Lipinski definition) is 4. The van der Waals surface area contributed by atoms with E-state index in [2.05, 4.69) is 5.32 Å². The van der Waals surface area contributed by atoms with Gasteiger partial charge in [0.05, 0.1) is 5.69 Å². The van der Waals surface area contributed by atoms with Gasteiger partial charge in [-0.3, -0.25) is 14.8 Å². The van der Waals surface area contributed by atoms with Crippen molar-refractivity contribution in [3.05, 3.63) is 83.4 Å². The minimum absolute atomic E-state index is 0.0357. The highest BCUT2D eigenvalue weighted by atomic mass is 16.5. The third-order valence-electron chi connectivity index (χ3n) is 4.14. The number of carbonyl (C=O) groups excluding carboxylic acids is 2. The van der Waals surface area contributed by atoms with Gasteiger partial charge in [-0.25, -0.2) is 5.48 Å². The first-order valence-corrected chi connectivity index (χ1v) is 8.25. The monoisotopic (exact) mass is 362 g/mol. The number of phenols is 1. The number of phenolic OH excluding ortho intramolecular Hbond substituents is 1. The minimum Gasteiger partial charge on any atom is -0.506 e. The number of rotatable bonds is 4. The summed E-state index contributed by atoms with van der Waals surface area (Å²) in [7, 11) is 0. The number of hydrogen-bond acceptors (Lipinski definition) is 4. The SMILES string of the molecule is Cc1ccc(O)c(NC(=O)c2ccccc2-c2ccccc2C(=O)NO)c1. The van der Waals surface area contributed by atoms with E-state index < -0.39 is 11.8 Å². The fourth-order valence-corrected chi connectivity index (χ4v) is 2.83. The molecule has 0 aliphatic rings. The average Bonchev–Trinajstić information content (AvgIpc) is 2.70. The van der Waals surface area contributed by atoms with E-state index in [4.69, 9.17) is 5.21 Å². The van der Waals surface area contributed by atoms with Gasteiger partial charge in [-0.2, -0.15) is 0 Å². The maximum Gasteiger partial charge on any atom is 0.275 e. The van der Waals surface area contributed by atoms with Crippen LogP contribution >= 0.6 is 0 Å². The van der Waals surface area contributed by atoms with Crippen LogP contribution in [0, 0.1) is 6.92 Å². The van der Waals surface area contributed by atoms with Gasteiger partial charge in [-0.05, 0) is 47.9 Å². The second-order valence-corrected chi connectivity index (χ2v) is 6.01. The van der Waals surface area contributed by atoms with Gasteiger partial charge >= 0.3 is 0 Å². The molecule has 0 saturated heterocycles. The summed E-state index contributed by atoms with van der Waals surface area (Å²) < 4.78 is 0. The summed E-state index contributed by atoms with van der Waals surface area (Å²) in [5, 5.41) is 21.7. The topological polar surface area (TPSA) is 98.7 Å². The lowest BCUT2D eigenvalue weighted by Crippen LogP contribution is -2.20. The smallest absolute Gasteiger partial charge is 0.275 e. The number of nitrogens with one attached hydrogen (secondary N) is 2. The van der Waals surface area contributed by atoms with E-state index in [1.165, 1.54) is 6.07 Å². The molecule has 2 amide bonds. The normalized spacial score (nSPS) is 10.3. The van der Waals surface area contributed by atoms with E-state index in [1.807, 2.05) is 6.92 Å². The number of carbonyl (C=O) groups is 2. The third kappa shape index (κ3) is 3.80.